The number of aromatic nitrogens is 1. The summed E-state index contributed by atoms with van der Waals surface area (Å²) in [5.41, 5.74) is 1.24. The molecule has 0 atom stereocenters. The number of carbonyl (C=O) groups is 2. The molecule has 130 valence electrons. The van der Waals surface area contributed by atoms with E-state index in [1.165, 1.54) is 0 Å². The molecular formula is C19H22N4O2. The molecule has 6 heteroatoms. The third-order valence-electron chi connectivity index (χ3n) is 4.34. The fourth-order valence-electron chi connectivity index (χ4n) is 2.83. The maximum absolute atomic E-state index is 12.6. The zero-order chi connectivity index (χ0) is 17.6. The van der Waals surface area contributed by atoms with E-state index in [0.717, 1.165) is 19.6 Å². The number of pyridine rings is 1. The lowest BCUT2D eigenvalue weighted by atomic mass is 10.2. The number of nitrogens with one attached hydrogen (secondary N) is 1. The van der Waals surface area contributed by atoms with Crippen LogP contribution in [0.25, 0.3) is 0 Å². The third-order valence-corrected chi connectivity index (χ3v) is 4.34. The van der Waals surface area contributed by atoms with Gasteiger partial charge in [0.25, 0.3) is 11.8 Å². The van der Waals surface area contributed by atoms with Crippen molar-refractivity contribution < 1.29 is 9.59 Å². The van der Waals surface area contributed by atoms with E-state index in [-0.39, 0.29) is 17.5 Å². The minimum atomic E-state index is -0.323. The van der Waals surface area contributed by atoms with E-state index in [2.05, 4.69) is 22.1 Å². The molecule has 1 fully saturated rings. The van der Waals surface area contributed by atoms with Gasteiger partial charge in [-0.2, -0.15) is 0 Å². The van der Waals surface area contributed by atoms with Gasteiger partial charge in [-0.3, -0.25) is 9.59 Å². The van der Waals surface area contributed by atoms with Crippen LogP contribution in [-0.2, 0) is 0 Å². The number of hydrogen-bond donors (Lipinski definition) is 1. The molecule has 2 heterocycles. The van der Waals surface area contributed by atoms with Crippen LogP contribution >= 0.6 is 0 Å². The highest BCUT2D eigenvalue weighted by molar-refractivity contribution is 6.03. The Morgan fingerprint density at radius 2 is 1.64 bits per heavy atom. The van der Waals surface area contributed by atoms with Crippen LogP contribution in [0.15, 0.2) is 48.5 Å². The van der Waals surface area contributed by atoms with E-state index in [9.17, 15) is 9.59 Å². The molecule has 0 bridgehead atoms. The summed E-state index contributed by atoms with van der Waals surface area (Å²) < 4.78 is 0. The zero-order valence-corrected chi connectivity index (χ0v) is 14.3. The van der Waals surface area contributed by atoms with Crippen molar-refractivity contribution in [3.63, 3.8) is 0 Å². The average Bonchev–Trinajstić information content (AvgIpc) is 2.68. The summed E-state index contributed by atoms with van der Waals surface area (Å²) in [6, 6.07) is 14.2. The Morgan fingerprint density at radius 1 is 0.960 bits per heavy atom. The lowest BCUT2D eigenvalue weighted by Gasteiger charge is -2.33. The Morgan fingerprint density at radius 3 is 2.32 bits per heavy atom. The molecule has 1 aliphatic rings. The zero-order valence-electron chi connectivity index (χ0n) is 14.3. The Bertz CT molecular complexity index is 740. The molecule has 1 saturated heterocycles. The fraction of sp³-hybridized carbons (Fsp3) is 0.316. The number of piperazine rings is 1. The summed E-state index contributed by atoms with van der Waals surface area (Å²) in [6.45, 7) is 6.24. The van der Waals surface area contributed by atoms with Gasteiger partial charge in [-0.1, -0.05) is 31.2 Å². The van der Waals surface area contributed by atoms with Crippen LogP contribution in [0.1, 0.15) is 27.9 Å². The lowest BCUT2D eigenvalue weighted by Crippen LogP contribution is -2.48. The first-order chi connectivity index (χ1) is 12.2. The van der Waals surface area contributed by atoms with Gasteiger partial charge in [0.15, 0.2) is 0 Å². The normalized spacial score (nSPS) is 15.0. The molecule has 0 radical (unpaired) electrons. The maximum atomic E-state index is 12.6. The molecule has 6 nitrogen and oxygen atoms in total. The summed E-state index contributed by atoms with van der Waals surface area (Å²) in [5, 5.41) is 2.78. The van der Waals surface area contributed by atoms with Gasteiger partial charge in [-0.05, 0) is 30.8 Å². The van der Waals surface area contributed by atoms with Gasteiger partial charge in [0.05, 0.1) is 0 Å². The molecule has 0 aliphatic carbocycles. The number of likely N-dealkylation sites (N-methyl/N-ethyl adjacent to an activating group) is 1. The molecule has 0 unspecified atom stereocenters. The second-order valence-corrected chi connectivity index (χ2v) is 5.95. The van der Waals surface area contributed by atoms with Gasteiger partial charge in [-0.15, -0.1) is 0 Å². The minimum absolute atomic E-state index is 0.120. The molecule has 0 spiro atoms. The van der Waals surface area contributed by atoms with Crippen molar-refractivity contribution in [2.75, 3.05) is 38.0 Å². The van der Waals surface area contributed by atoms with E-state index in [1.807, 2.05) is 18.2 Å². The van der Waals surface area contributed by atoms with Crippen LogP contribution < -0.4 is 5.32 Å². The van der Waals surface area contributed by atoms with Crippen LogP contribution in [-0.4, -0.2) is 59.3 Å². The van der Waals surface area contributed by atoms with Crippen LogP contribution in [0.2, 0.25) is 0 Å². The predicted octanol–water partition coefficient (Wildman–Crippen LogP) is 2.11. The second kappa shape index (κ2) is 7.90. The number of hydrogen-bond acceptors (Lipinski definition) is 4. The Hall–Kier alpha value is -2.73. The lowest BCUT2D eigenvalue weighted by molar-refractivity contribution is 0.0637. The first-order valence-corrected chi connectivity index (χ1v) is 8.52. The quantitative estimate of drug-likeness (QED) is 0.927. The Labute approximate surface area is 147 Å². The SMILES string of the molecule is CCN1CCN(C(=O)c2cccc(C(=O)Nc3ccccc3)n2)CC1. The Balaban J connectivity index is 1.68. The molecule has 1 aliphatic heterocycles. The van der Waals surface area contributed by atoms with Gasteiger partial charge >= 0.3 is 0 Å². The highest BCUT2D eigenvalue weighted by Gasteiger charge is 2.22. The molecular weight excluding hydrogens is 316 g/mol. The smallest absolute Gasteiger partial charge is 0.274 e. The molecule has 1 aromatic carbocycles. The number of para-hydroxylation sites is 1. The van der Waals surface area contributed by atoms with Crippen molar-refractivity contribution in [3.8, 4) is 0 Å². The minimum Gasteiger partial charge on any atom is -0.335 e. The highest BCUT2D eigenvalue weighted by atomic mass is 16.2. The standard InChI is InChI=1S/C19H22N4O2/c1-2-22-11-13-23(14-12-22)19(25)17-10-6-9-16(21-17)18(24)20-15-7-4-3-5-8-15/h3-10H,2,11-14H2,1H3,(H,20,24). The third kappa shape index (κ3) is 4.22. The Kier molecular flexibility index (Phi) is 5.40. The number of nitrogens with zero attached hydrogens (tertiary/aromatic N) is 3. The van der Waals surface area contributed by atoms with Crippen molar-refractivity contribution in [2.24, 2.45) is 0 Å². The fourth-order valence-corrected chi connectivity index (χ4v) is 2.83. The van der Waals surface area contributed by atoms with E-state index < -0.39 is 0 Å². The molecule has 25 heavy (non-hydrogen) atoms. The van der Waals surface area contributed by atoms with E-state index >= 15 is 0 Å². The molecule has 1 aromatic heterocycles. The van der Waals surface area contributed by atoms with Crippen LogP contribution in [0.5, 0.6) is 0 Å². The first-order valence-electron chi connectivity index (χ1n) is 8.52. The number of anilines is 1. The topological polar surface area (TPSA) is 65.5 Å². The number of carbonyl (C=O) groups excluding carboxylic acids is 2. The predicted molar refractivity (Wildman–Crippen MR) is 96.6 cm³/mol. The van der Waals surface area contributed by atoms with E-state index in [1.54, 1.807) is 35.2 Å². The first kappa shape index (κ1) is 17.1. The van der Waals surface area contributed by atoms with Crippen molar-refractivity contribution in [1.29, 1.82) is 0 Å². The van der Waals surface area contributed by atoms with Gasteiger partial charge in [0.2, 0.25) is 0 Å². The number of benzene rings is 1. The van der Waals surface area contributed by atoms with Crippen LogP contribution in [0.4, 0.5) is 5.69 Å². The van der Waals surface area contributed by atoms with Crippen molar-refractivity contribution in [3.05, 3.63) is 59.9 Å². The largest absolute Gasteiger partial charge is 0.335 e. The molecule has 3 rings (SSSR count). The van der Waals surface area contributed by atoms with Gasteiger partial charge in [0, 0.05) is 31.9 Å². The van der Waals surface area contributed by atoms with E-state index in [4.69, 9.17) is 0 Å². The van der Waals surface area contributed by atoms with Crippen LogP contribution in [0.3, 0.4) is 0 Å². The van der Waals surface area contributed by atoms with Crippen molar-refractivity contribution in [1.82, 2.24) is 14.8 Å². The summed E-state index contributed by atoms with van der Waals surface area (Å²) in [7, 11) is 0. The monoisotopic (exact) mass is 338 g/mol. The van der Waals surface area contributed by atoms with Gasteiger partial charge in [-0.25, -0.2) is 4.98 Å². The summed E-state index contributed by atoms with van der Waals surface area (Å²) in [6.07, 6.45) is 0. The summed E-state index contributed by atoms with van der Waals surface area (Å²) in [4.78, 5) is 33.4. The van der Waals surface area contributed by atoms with Crippen LogP contribution in [0, 0.1) is 0 Å². The van der Waals surface area contributed by atoms with E-state index in [0.29, 0.717) is 24.5 Å². The molecule has 2 amide bonds. The van der Waals surface area contributed by atoms with Crippen molar-refractivity contribution >= 4 is 17.5 Å². The average molecular weight is 338 g/mol. The second-order valence-electron chi connectivity index (χ2n) is 5.95. The summed E-state index contributed by atoms with van der Waals surface area (Å²) in [5.74, 6) is -0.443. The molecule has 0 saturated carbocycles. The molecule has 2 aromatic rings. The van der Waals surface area contributed by atoms with Gasteiger partial charge < -0.3 is 15.1 Å². The maximum Gasteiger partial charge on any atom is 0.274 e. The highest BCUT2D eigenvalue weighted by Crippen LogP contribution is 2.10. The summed E-state index contributed by atoms with van der Waals surface area (Å²) >= 11 is 0. The number of amides is 2. The molecule has 1 N–H and O–H groups in total. The van der Waals surface area contributed by atoms with Crippen molar-refractivity contribution in [2.45, 2.75) is 6.92 Å². The number of rotatable bonds is 4. The van der Waals surface area contributed by atoms with Gasteiger partial charge in [0.1, 0.15) is 11.4 Å².